The predicted molar refractivity (Wildman–Crippen MR) is 63.8 cm³/mol. The molecule has 2 atom stereocenters. The van der Waals surface area contributed by atoms with E-state index in [9.17, 15) is 0 Å². The first kappa shape index (κ1) is 8.05. The number of rotatable bonds is 1. The van der Waals surface area contributed by atoms with Gasteiger partial charge in [0.2, 0.25) is 0 Å². The Balaban J connectivity index is 1.83. The maximum atomic E-state index is 4.37. The molecule has 0 radical (unpaired) electrons. The van der Waals surface area contributed by atoms with Gasteiger partial charge in [0.05, 0.1) is 15.7 Å². The van der Waals surface area contributed by atoms with E-state index >= 15 is 0 Å². The lowest BCUT2D eigenvalue weighted by molar-refractivity contribution is 0.863. The Labute approximate surface area is 92.5 Å². The lowest BCUT2D eigenvalue weighted by atomic mass is 10.0. The molecule has 0 saturated heterocycles. The highest BCUT2D eigenvalue weighted by Gasteiger charge is 2.40. The molecule has 1 heterocycles. The number of fused-ring (bicyclic) bond motifs is 2. The zero-order valence-corrected chi connectivity index (χ0v) is 9.13. The normalized spacial score (nSPS) is 27.9. The summed E-state index contributed by atoms with van der Waals surface area (Å²) in [7, 11) is 0. The molecule has 2 aliphatic carbocycles. The van der Waals surface area contributed by atoms with Crippen LogP contribution in [0.5, 0.6) is 0 Å². The van der Waals surface area contributed by atoms with E-state index in [1.807, 2.05) is 5.51 Å². The van der Waals surface area contributed by atoms with Gasteiger partial charge in [-0.3, -0.25) is 0 Å². The minimum Gasteiger partial charge on any atom is -0.245 e. The van der Waals surface area contributed by atoms with Crippen LogP contribution in [-0.4, -0.2) is 4.98 Å². The van der Waals surface area contributed by atoms with E-state index < -0.39 is 0 Å². The van der Waals surface area contributed by atoms with E-state index in [0.29, 0.717) is 0 Å². The van der Waals surface area contributed by atoms with Gasteiger partial charge in [0.15, 0.2) is 0 Å². The van der Waals surface area contributed by atoms with Crippen LogP contribution in [0, 0.1) is 11.8 Å². The molecule has 1 fully saturated rings. The predicted octanol–water partition coefficient (Wildman–Crippen LogP) is 3.72. The van der Waals surface area contributed by atoms with Crippen molar-refractivity contribution in [1.82, 2.24) is 4.98 Å². The first-order valence-corrected chi connectivity index (χ1v) is 6.32. The molecule has 0 aliphatic heterocycles. The molecule has 1 saturated carbocycles. The van der Waals surface area contributed by atoms with Crippen LogP contribution >= 0.6 is 11.3 Å². The van der Waals surface area contributed by atoms with Gasteiger partial charge < -0.3 is 0 Å². The van der Waals surface area contributed by atoms with E-state index in [1.54, 1.807) is 16.9 Å². The van der Waals surface area contributed by atoms with Crippen molar-refractivity contribution in [3.8, 4) is 0 Å². The third-order valence-corrected chi connectivity index (χ3v) is 4.39. The SMILES string of the molecule is C1=C(c2ccc3scnc3c2)C[C@H]2C[C@@H]12. The smallest absolute Gasteiger partial charge is 0.0818 e. The molecule has 0 amide bonds. The topological polar surface area (TPSA) is 12.9 Å². The lowest BCUT2D eigenvalue weighted by Gasteiger charge is -2.03. The molecule has 0 bridgehead atoms. The molecule has 1 nitrogen and oxygen atoms in total. The van der Waals surface area contributed by atoms with Crippen molar-refractivity contribution in [2.45, 2.75) is 12.8 Å². The monoisotopic (exact) mass is 213 g/mol. The second kappa shape index (κ2) is 2.70. The van der Waals surface area contributed by atoms with Gasteiger partial charge in [0.1, 0.15) is 0 Å². The lowest BCUT2D eigenvalue weighted by Crippen LogP contribution is -1.83. The molecule has 0 unspecified atom stereocenters. The first-order chi connectivity index (χ1) is 7.40. The Kier molecular flexibility index (Phi) is 1.45. The summed E-state index contributed by atoms with van der Waals surface area (Å²) in [6.45, 7) is 0. The number of hydrogen-bond acceptors (Lipinski definition) is 2. The van der Waals surface area contributed by atoms with Crippen LogP contribution in [-0.2, 0) is 0 Å². The summed E-state index contributed by atoms with van der Waals surface area (Å²) in [6.07, 6.45) is 5.20. The van der Waals surface area contributed by atoms with Crippen LogP contribution in [0.1, 0.15) is 18.4 Å². The van der Waals surface area contributed by atoms with Gasteiger partial charge in [0, 0.05) is 0 Å². The van der Waals surface area contributed by atoms with E-state index in [0.717, 1.165) is 17.4 Å². The van der Waals surface area contributed by atoms with Gasteiger partial charge in [-0.25, -0.2) is 4.98 Å². The highest BCUT2D eigenvalue weighted by molar-refractivity contribution is 7.16. The highest BCUT2D eigenvalue weighted by atomic mass is 32.1. The van der Waals surface area contributed by atoms with E-state index in [4.69, 9.17) is 0 Å². The Morgan fingerprint density at radius 1 is 1.33 bits per heavy atom. The van der Waals surface area contributed by atoms with Crippen molar-refractivity contribution < 1.29 is 0 Å². The number of allylic oxidation sites excluding steroid dienone is 2. The summed E-state index contributed by atoms with van der Waals surface area (Å²) >= 11 is 1.72. The number of aromatic nitrogens is 1. The molecule has 74 valence electrons. The van der Waals surface area contributed by atoms with Crippen LogP contribution in [0.4, 0.5) is 0 Å². The minimum atomic E-state index is 0.908. The Bertz CT molecular complexity index is 567. The standard InChI is InChI=1S/C13H11NS/c1-2-13-12(14-7-15-13)6-8(1)9-3-10-5-11(10)4-9/h1-3,6-7,10-11H,4-5H2/t10-,11+/m1/s1. The van der Waals surface area contributed by atoms with Crippen molar-refractivity contribution in [1.29, 1.82) is 0 Å². The van der Waals surface area contributed by atoms with Gasteiger partial charge in [0.25, 0.3) is 0 Å². The summed E-state index contributed by atoms with van der Waals surface area (Å²) in [5.41, 5.74) is 6.01. The molecule has 1 aromatic heterocycles. The van der Waals surface area contributed by atoms with E-state index in [2.05, 4.69) is 29.3 Å². The Morgan fingerprint density at radius 3 is 3.20 bits per heavy atom. The largest absolute Gasteiger partial charge is 0.245 e. The zero-order chi connectivity index (χ0) is 9.83. The summed E-state index contributed by atoms with van der Waals surface area (Å²) in [5.74, 6) is 1.89. The van der Waals surface area contributed by atoms with Crippen molar-refractivity contribution in [3.05, 3.63) is 35.3 Å². The number of thiazole rings is 1. The average Bonchev–Trinajstić information content (AvgIpc) is 2.73. The van der Waals surface area contributed by atoms with E-state index in [-0.39, 0.29) is 0 Å². The second-order valence-corrected chi connectivity index (χ2v) is 5.48. The van der Waals surface area contributed by atoms with Gasteiger partial charge in [-0.2, -0.15) is 0 Å². The van der Waals surface area contributed by atoms with Gasteiger partial charge in [-0.05, 0) is 47.9 Å². The molecule has 2 aliphatic rings. The number of hydrogen-bond donors (Lipinski definition) is 0. The van der Waals surface area contributed by atoms with Crippen LogP contribution in [0.25, 0.3) is 15.8 Å². The van der Waals surface area contributed by atoms with Crippen molar-refractivity contribution in [3.63, 3.8) is 0 Å². The third kappa shape index (κ3) is 1.18. The fraction of sp³-hybridized carbons (Fsp3) is 0.308. The van der Waals surface area contributed by atoms with Crippen molar-refractivity contribution in [2.75, 3.05) is 0 Å². The zero-order valence-electron chi connectivity index (χ0n) is 8.31. The maximum absolute atomic E-state index is 4.37. The molecule has 0 N–H and O–H groups in total. The summed E-state index contributed by atoms with van der Waals surface area (Å²) in [6, 6.07) is 6.69. The van der Waals surface area contributed by atoms with Gasteiger partial charge >= 0.3 is 0 Å². The molecular formula is C13H11NS. The fourth-order valence-electron chi connectivity index (χ4n) is 2.59. The van der Waals surface area contributed by atoms with Crippen LogP contribution in [0.2, 0.25) is 0 Å². The third-order valence-electron chi connectivity index (χ3n) is 3.58. The van der Waals surface area contributed by atoms with Gasteiger partial charge in [-0.1, -0.05) is 12.1 Å². The summed E-state index contributed by atoms with van der Waals surface area (Å²) in [4.78, 5) is 4.37. The Hall–Kier alpha value is -1.15. The minimum absolute atomic E-state index is 0.908. The molecule has 2 aromatic rings. The fourth-order valence-corrected chi connectivity index (χ4v) is 3.25. The average molecular weight is 213 g/mol. The second-order valence-electron chi connectivity index (χ2n) is 4.59. The number of nitrogens with zero attached hydrogens (tertiary/aromatic N) is 1. The van der Waals surface area contributed by atoms with E-state index in [1.165, 1.54) is 23.1 Å². The summed E-state index contributed by atoms with van der Waals surface area (Å²) < 4.78 is 1.29. The van der Waals surface area contributed by atoms with Crippen molar-refractivity contribution in [2.24, 2.45) is 11.8 Å². The van der Waals surface area contributed by atoms with Crippen LogP contribution in [0.3, 0.4) is 0 Å². The molecule has 4 rings (SSSR count). The molecule has 15 heavy (non-hydrogen) atoms. The van der Waals surface area contributed by atoms with Crippen molar-refractivity contribution >= 4 is 27.1 Å². The van der Waals surface area contributed by atoms with Crippen LogP contribution in [0.15, 0.2) is 29.8 Å². The molecule has 1 aromatic carbocycles. The van der Waals surface area contributed by atoms with Crippen LogP contribution < -0.4 is 0 Å². The first-order valence-electron chi connectivity index (χ1n) is 5.44. The molecular weight excluding hydrogens is 202 g/mol. The Morgan fingerprint density at radius 2 is 2.33 bits per heavy atom. The highest BCUT2D eigenvalue weighted by Crippen LogP contribution is 2.52. The van der Waals surface area contributed by atoms with Gasteiger partial charge in [-0.15, -0.1) is 11.3 Å². The summed E-state index contributed by atoms with van der Waals surface area (Å²) in [5, 5.41) is 0. The molecule has 2 heteroatoms. The maximum Gasteiger partial charge on any atom is 0.0818 e. The quantitative estimate of drug-likeness (QED) is 0.703. The number of benzene rings is 1. The molecule has 0 spiro atoms.